The van der Waals surface area contributed by atoms with E-state index in [1.807, 2.05) is 0 Å². The van der Waals surface area contributed by atoms with E-state index in [0.717, 1.165) is 0 Å². The normalized spacial score (nSPS) is 13.8. The van der Waals surface area contributed by atoms with Crippen LogP contribution in [-0.2, 0) is 20.2 Å². The maximum absolute atomic E-state index is 11.4. The maximum atomic E-state index is 11.4. The second-order valence-electron chi connectivity index (χ2n) is 2.94. The molecule has 0 radical (unpaired) electrons. The van der Waals surface area contributed by atoms with Crippen molar-refractivity contribution in [1.29, 1.82) is 0 Å². The smallest absolute Gasteiger partial charge is 0.743 e. The van der Waals surface area contributed by atoms with Gasteiger partial charge in [0, 0.05) is 0 Å². The monoisotopic (exact) mass is 412 g/mol. The standard InChI is InChI=1S/2C2HF5O3S.2Li/c2*3-1(4,5)2(6,7)11(8,9)10;;/h2*(H,8,9,10);;/q;;2*+1/p-2. The van der Waals surface area contributed by atoms with Crippen LogP contribution in [0.5, 0.6) is 0 Å². The zero-order valence-corrected chi connectivity index (χ0v) is 12.7. The fraction of sp³-hybridized carbons (Fsp3) is 1.00. The van der Waals surface area contributed by atoms with E-state index < -0.39 is 43.1 Å². The summed E-state index contributed by atoms with van der Waals surface area (Å²) in [6.45, 7) is 0. The Morgan fingerprint density at radius 1 is 0.500 bits per heavy atom. The minimum atomic E-state index is -6.67. The maximum Gasteiger partial charge on any atom is 1.00 e. The van der Waals surface area contributed by atoms with E-state index in [2.05, 4.69) is 0 Å². The number of alkyl halides is 10. The largest absolute Gasteiger partial charge is 1.00 e. The molecular weight excluding hydrogens is 412 g/mol. The fourth-order valence-corrected chi connectivity index (χ4v) is 0.850. The van der Waals surface area contributed by atoms with E-state index in [-0.39, 0.29) is 37.7 Å². The Hall–Kier alpha value is 0.315. The van der Waals surface area contributed by atoms with Gasteiger partial charge in [0.05, 0.1) is 0 Å². The van der Waals surface area contributed by atoms with Gasteiger partial charge in [0.15, 0.2) is 20.2 Å². The Bertz CT molecular complexity index is 538. The van der Waals surface area contributed by atoms with Gasteiger partial charge < -0.3 is 9.11 Å². The van der Waals surface area contributed by atoms with E-state index in [0.29, 0.717) is 0 Å². The molecule has 0 rings (SSSR count). The molecule has 0 aliphatic carbocycles. The van der Waals surface area contributed by atoms with Crippen molar-refractivity contribution in [3.8, 4) is 0 Å². The quantitative estimate of drug-likeness (QED) is 0.256. The Labute approximate surface area is 150 Å². The number of hydrogen-bond donors (Lipinski definition) is 0. The predicted molar refractivity (Wildman–Crippen MR) is 41.4 cm³/mol. The van der Waals surface area contributed by atoms with E-state index in [4.69, 9.17) is 0 Å². The molecule has 0 aromatic rings. The fourth-order valence-electron chi connectivity index (χ4n) is 0.283. The molecule has 0 aromatic heterocycles. The van der Waals surface area contributed by atoms with Crippen LogP contribution in [0.2, 0.25) is 0 Å². The number of halogens is 10. The average molecular weight is 412 g/mol. The minimum absolute atomic E-state index is 0. The van der Waals surface area contributed by atoms with Crippen LogP contribution < -0.4 is 37.7 Å². The van der Waals surface area contributed by atoms with Crippen molar-refractivity contribution in [3.63, 3.8) is 0 Å². The first-order chi connectivity index (χ1) is 9.00. The molecule has 0 N–H and O–H groups in total. The van der Waals surface area contributed by atoms with Gasteiger partial charge in [-0.15, -0.1) is 0 Å². The molecule has 0 aliphatic rings. The van der Waals surface area contributed by atoms with E-state index in [9.17, 15) is 69.8 Å². The van der Waals surface area contributed by atoms with Gasteiger partial charge in [0.25, 0.3) is 0 Å². The molecule has 136 valence electrons. The van der Waals surface area contributed by atoms with Crippen molar-refractivity contribution >= 4 is 20.2 Å². The first kappa shape index (κ1) is 32.0. The molecule has 0 saturated heterocycles. The summed E-state index contributed by atoms with van der Waals surface area (Å²) in [4.78, 5) is 0. The Balaban J connectivity index is -0.000000154. The Kier molecular flexibility index (Phi) is 11.7. The Morgan fingerprint density at radius 2 is 0.625 bits per heavy atom. The molecule has 0 unspecified atom stereocenters. The van der Waals surface area contributed by atoms with Crippen LogP contribution in [0.3, 0.4) is 0 Å². The first-order valence-corrected chi connectivity index (χ1v) is 6.61. The van der Waals surface area contributed by atoms with Gasteiger partial charge in [0.2, 0.25) is 0 Å². The third-order valence-corrected chi connectivity index (χ3v) is 3.01. The van der Waals surface area contributed by atoms with Gasteiger partial charge in [-0.3, -0.25) is 0 Å². The second kappa shape index (κ2) is 8.80. The molecular formula is C4F10Li2O6S2. The van der Waals surface area contributed by atoms with Crippen LogP contribution in [0.4, 0.5) is 43.9 Å². The third kappa shape index (κ3) is 7.69. The number of rotatable bonds is 2. The average Bonchev–Trinajstić information content (AvgIpc) is 2.10. The molecule has 0 amide bonds. The van der Waals surface area contributed by atoms with Crippen LogP contribution in [0.1, 0.15) is 0 Å². The molecule has 0 aromatic carbocycles. The molecule has 0 saturated carbocycles. The van der Waals surface area contributed by atoms with Gasteiger partial charge in [0.1, 0.15) is 0 Å². The molecule has 6 nitrogen and oxygen atoms in total. The van der Waals surface area contributed by atoms with Gasteiger partial charge in [-0.2, -0.15) is 43.9 Å². The summed E-state index contributed by atoms with van der Waals surface area (Å²) in [6.07, 6.45) is -12.7. The SMILES string of the molecule is O=S(=O)([O-])C(F)(F)C(F)(F)F.O=S(=O)([O-])C(F)(F)C(F)(F)F.[Li+].[Li+]. The zero-order chi connectivity index (χ0) is 19.0. The van der Waals surface area contributed by atoms with Crippen LogP contribution in [0.25, 0.3) is 0 Å². The van der Waals surface area contributed by atoms with Crippen molar-refractivity contribution in [2.45, 2.75) is 22.9 Å². The Morgan fingerprint density at radius 3 is 0.625 bits per heavy atom. The molecule has 0 atom stereocenters. The van der Waals surface area contributed by atoms with Crippen LogP contribution >= 0.6 is 0 Å². The molecule has 0 heterocycles. The van der Waals surface area contributed by atoms with Crippen LogP contribution in [0, 0.1) is 0 Å². The molecule has 20 heteroatoms. The summed E-state index contributed by atoms with van der Waals surface area (Å²) in [7, 11) is -13.3. The minimum Gasteiger partial charge on any atom is -0.743 e. The van der Waals surface area contributed by atoms with Crippen molar-refractivity contribution in [2.24, 2.45) is 0 Å². The third-order valence-electron chi connectivity index (χ3n) is 1.29. The van der Waals surface area contributed by atoms with Gasteiger partial charge in [-0.05, 0) is 0 Å². The summed E-state index contributed by atoms with van der Waals surface area (Å²) < 4.78 is 167. The second-order valence-corrected chi connectivity index (χ2v) is 5.78. The van der Waals surface area contributed by atoms with Crippen molar-refractivity contribution in [2.75, 3.05) is 0 Å². The molecule has 0 aliphatic heterocycles. The molecule has 0 spiro atoms. The molecule has 0 bridgehead atoms. The predicted octanol–water partition coefficient (Wildman–Crippen LogP) is -4.62. The van der Waals surface area contributed by atoms with E-state index >= 15 is 0 Å². The van der Waals surface area contributed by atoms with Crippen LogP contribution in [0.15, 0.2) is 0 Å². The summed E-state index contributed by atoms with van der Waals surface area (Å²) in [5.41, 5.74) is 0. The topological polar surface area (TPSA) is 114 Å². The summed E-state index contributed by atoms with van der Waals surface area (Å²) in [5.74, 6) is 0. The molecule has 0 fully saturated rings. The molecule has 24 heavy (non-hydrogen) atoms. The zero-order valence-electron chi connectivity index (χ0n) is 11.0. The van der Waals surface area contributed by atoms with Gasteiger partial charge in [-0.1, -0.05) is 0 Å². The summed E-state index contributed by atoms with van der Waals surface area (Å²) in [5, 5.41) is -12.4. The van der Waals surface area contributed by atoms with Crippen molar-refractivity contribution in [1.82, 2.24) is 0 Å². The number of hydrogen-bond acceptors (Lipinski definition) is 6. The van der Waals surface area contributed by atoms with Gasteiger partial charge >= 0.3 is 60.6 Å². The van der Waals surface area contributed by atoms with Crippen LogP contribution in [-0.4, -0.2) is 48.8 Å². The van der Waals surface area contributed by atoms with Gasteiger partial charge in [-0.25, -0.2) is 16.8 Å². The van der Waals surface area contributed by atoms with E-state index in [1.54, 1.807) is 0 Å². The van der Waals surface area contributed by atoms with Crippen molar-refractivity contribution < 1.29 is 108 Å². The van der Waals surface area contributed by atoms with E-state index in [1.165, 1.54) is 0 Å². The summed E-state index contributed by atoms with van der Waals surface area (Å²) in [6, 6.07) is 0. The summed E-state index contributed by atoms with van der Waals surface area (Å²) >= 11 is 0. The first-order valence-electron chi connectivity index (χ1n) is 3.80. The van der Waals surface area contributed by atoms with Crippen molar-refractivity contribution in [3.05, 3.63) is 0 Å².